The van der Waals surface area contributed by atoms with Crippen molar-refractivity contribution in [3.05, 3.63) is 43.0 Å². The van der Waals surface area contributed by atoms with Gasteiger partial charge in [-0.2, -0.15) is 0 Å². The first kappa shape index (κ1) is 24.6. The Hall–Kier alpha value is -2.56. The van der Waals surface area contributed by atoms with Crippen LogP contribution in [-0.2, 0) is 25.3 Å². The van der Waals surface area contributed by atoms with Gasteiger partial charge in [0.15, 0.2) is 17.8 Å². The molecular formula is C22H31N6O5P. The first-order valence-corrected chi connectivity index (χ1v) is 13.0. The Morgan fingerprint density at radius 2 is 1.91 bits per heavy atom. The molecule has 0 saturated carbocycles. The molecule has 3 heterocycles. The number of rotatable bonds is 11. The number of para-hydroxylation sites is 1. The fourth-order valence-corrected chi connectivity index (χ4v) is 5.63. The predicted octanol–water partition coefficient (Wildman–Crippen LogP) is 3.03. The summed E-state index contributed by atoms with van der Waals surface area (Å²) in [7, 11) is -3.51. The molecule has 4 rings (SSSR count). The Balaban J connectivity index is 1.48. The van der Waals surface area contributed by atoms with Crippen molar-refractivity contribution in [2.45, 2.75) is 45.8 Å². The zero-order valence-electron chi connectivity index (χ0n) is 19.5. The number of hydrogen-bond donors (Lipinski definition) is 2. The highest BCUT2D eigenvalue weighted by molar-refractivity contribution is 7.57. The van der Waals surface area contributed by atoms with Gasteiger partial charge in [-0.3, -0.25) is 4.57 Å². The lowest BCUT2D eigenvalue weighted by Crippen LogP contribution is -2.44. The first-order valence-electron chi connectivity index (χ1n) is 11.2. The summed E-state index contributed by atoms with van der Waals surface area (Å²) in [6.45, 7) is 7.33. The van der Waals surface area contributed by atoms with E-state index < -0.39 is 13.8 Å². The van der Waals surface area contributed by atoms with Gasteiger partial charge in [0.2, 0.25) is 0 Å². The lowest BCUT2D eigenvalue weighted by molar-refractivity contribution is -0.0730. The fourth-order valence-electron chi connectivity index (χ4n) is 3.66. The SMILES string of the molecule is CC(C)C(NP(=O)(CO[C@H](C)Cn1cnc2c(N)ncnc21)Oc1ccccc1)C1OCCO1. The number of anilines is 1. The summed E-state index contributed by atoms with van der Waals surface area (Å²) in [6.07, 6.45) is 2.05. The van der Waals surface area contributed by atoms with E-state index in [1.54, 1.807) is 18.5 Å². The van der Waals surface area contributed by atoms with Crippen LogP contribution in [0.5, 0.6) is 5.75 Å². The van der Waals surface area contributed by atoms with Gasteiger partial charge in [0.25, 0.3) is 0 Å². The Bertz CT molecular complexity index is 1120. The van der Waals surface area contributed by atoms with Crippen LogP contribution in [0, 0.1) is 5.92 Å². The number of nitrogens with zero attached hydrogens (tertiary/aromatic N) is 4. The van der Waals surface area contributed by atoms with Crippen molar-refractivity contribution >= 4 is 24.5 Å². The monoisotopic (exact) mass is 490 g/mol. The quantitative estimate of drug-likeness (QED) is 0.386. The Morgan fingerprint density at radius 1 is 1.18 bits per heavy atom. The maximum atomic E-state index is 14.0. The second-order valence-corrected chi connectivity index (χ2v) is 10.6. The second-order valence-electron chi connectivity index (χ2n) is 8.52. The Labute approximate surface area is 198 Å². The first-order chi connectivity index (χ1) is 16.3. The van der Waals surface area contributed by atoms with E-state index in [1.165, 1.54) is 6.33 Å². The summed E-state index contributed by atoms with van der Waals surface area (Å²) < 4.78 is 39.2. The number of imidazole rings is 1. The average molecular weight is 491 g/mol. The minimum absolute atomic E-state index is 0.0793. The largest absolute Gasteiger partial charge is 0.431 e. The Morgan fingerprint density at radius 3 is 2.62 bits per heavy atom. The average Bonchev–Trinajstić information content (AvgIpc) is 3.48. The normalized spacial score (nSPS) is 18.2. The zero-order chi connectivity index (χ0) is 24.1. The molecule has 3 N–H and O–H groups in total. The van der Waals surface area contributed by atoms with Crippen molar-refractivity contribution in [3.63, 3.8) is 0 Å². The van der Waals surface area contributed by atoms with Gasteiger partial charge < -0.3 is 29.0 Å². The molecule has 0 radical (unpaired) electrons. The van der Waals surface area contributed by atoms with E-state index in [2.05, 4.69) is 20.0 Å². The third-order valence-electron chi connectivity index (χ3n) is 5.41. The smallest absolute Gasteiger partial charge is 0.342 e. The van der Waals surface area contributed by atoms with E-state index >= 15 is 0 Å². The maximum absolute atomic E-state index is 14.0. The molecule has 3 atom stereocenters. The van der Waals surface area contributed by atoms with E-state index in [0.717, 1.165) is 0 Å². The second kappa shape index (κ2) is 10.8. The van der Waals surface area contributed by atoms with Gasteiger partial charge in [-0.05, 0) is 25.0 Å². The van der Waals surface area contributed by atoms with Crippen LogP contribution in [0.2, 0.25) is 0 Å². The van der Waals surface area contributed by atoms with E-state index in [9.17, 15) is 4.57 Å². The minimum atomic E-state index is -3.51. The molecule has 0 amide bonds. The van der Waals surface area contributed by atoms with Crippen molar-refractivity contribution in [1.29, 1.82) is 0 Å². The fraction of sp³-hybridized carbons (Fsp3) is 0.500. The molecule has 3 aromatic rings. The predicted molar refractivity (Wildman–Crippen MR) is 127 cm³/mol. The lowest BCUT2D eigenvalue weighted by atomic mass is 10.1. The molecule has 1 saturated heterocycles. The third kappa shape index (κ3) is 5.92. The van der Waals surface area contributed by atoms with Gasteiger partial charge in [0.1, 0.15) is 23.9 Å². The van der Waals surface area contributed by atoms with Crippen molar-refractivity contribution < 1.29 is 23.3 Å². The number of nitrogens with one attached hydrogen (secondary N) is 1. The van der Waals surface area contributed by atoms with Crippen LogP contribution >= 0.6 is 7.52 Å². The number of fused-ring (bicyclic) bond motifs is 1. The molecule has 34 heavy (non-hydrogen) atoms. The molecule has 1 aromatic carbocycles. The molecule has 0 aliphatic carbocycles. The number of nitrogen functional groups attached to an aromatic ring is 1. The highest BCUT2D eigenvalue weighted by Gasteiger charge is 2.37. The Kier molecular flexibility index (Phi) is 7.80. The standard InChI is InChI=1S/C22H31N6O5P/c1-15(2)18(22-30-9-10-31-22)27-34(29,33-17-7-5-4-6-8-17)14-32-16(3)11-28-13-26-19-20(23)24-12-25-21(19)28/h4-8,12-13,15-16,18,22H,9-11,14H2,1-3H3,(H,27,29)(H2,23,24,25)/t16-,18?,34?/m1/s1. The molecule has 12 heteroatoms. The number of nitrogens with two attached hydrogens (primary N) is 1. The van der Waals surface area contributed by atoms with Crippen LogP contribution in [0.1, 0.15) is 20.8 Å². The number of ether oxygens (including phenoxy) is 3. The zero-order valence-corrected chi connectivity index (χ0v) is 20.4. The molecule has 11 nitrogen and oxygen atoms in total. The molecule has 1 aliphatic heterocycles. The number of hydrogen-bond acceptors (Lipinski definition) is 9. The maximum Gasteiger partial charge on any atom is 0.342 e. The van der Waals surface area contributed by atoms with Gasteiger partial charge in [-0.15, -0.1) is 0 Å². The summed E-state index contributed by atoms with van der Waals surface area (Å²) in [6, 6.07) is 8.69. The van der Waals surface area contributed by atoms with E-state index in [4.69, 9.17) is 24.5 Å². The summed E-state index contributed by atoms with van der Waals surface area (Å²) in [5.74, 6) is 0.882. The van der Waals surface area contributed by atoms with E-state index in [-0.39, 0.29) is 24.4 Å². The summed E-state index contributed by atoms with van der Waals surface area (Å²) >= 11 is 0. The number of benzene rings is 1. The highest BCUT2D eigenvalue weighted by Crippen LogP contribution is 2.45. The van der Waals surface area contributed by atoms with Crippen molar-refractivity contribution in [2.75, 3.05) is 25.3 Å². The van der Waals surface area contributed by atoms with Crippen LogP contribution < -0.4 is 15.3 Å². The van der Waals surface area contributed by atoms with Crippen LogP contribution in [0.15, 0.2) is 43.0 Å². The molecule has 2 unspecified atom stereocenters. The molecule has 2 aromatic heterocycles. The van der Waals surface area contributed by atoms with Gasteiger partial charge >= 0.3 is 7.52 Å². The molecular weight excluding hydrogens is 459 g/mol. The van der Waals surface area contributed by atoms with Gasteiger partial charge in [-0.1, -0.05) is 32.0 Å². The van der Waals surface area contributed by atoms with Crippen molar-refractivity contribution in [1.82, 2.24) is 24.6 Å². The summed E-state index contributed by atoms with van der Waals surface area (Å²) in [5, 5.41) is 3.17. The van der Waals surface area contributed by atoms with Crippen LogP contribution in [0.25, 0.3) is 11.2 Å². The van der Waals surface area contributed by atoms with Crippen molar-refractivity contribution in [3.8, 4) is 5.75 Å². The van der Waals surface area contributed by atoms with Crippen LogP contribution in [0.3, 0.4) is 0 Å². The van der Waals surface area contributed by atoms with Crippen molar-refractivity contribution in [2.24, 2.45) is 5.92 Å². The van der Waals surface area contributed by atoms with E-state index in [0.29, 0.717) is 42.5 Å². The van der Waals surface area contributed by atoms with E-state index in [1.807, 2.05) is 43.5 Å². The molecule has 1 aliphatic rings. The molecule has 184 valence electrons. The topological polar surface area (TPSA) is 136 Å². The molecule has 0 spiro atoms. The third-order valence-corrected chi connectivity index (χ3v) is 7.10. The summed E-state index contributed by atoms with van der Waals surface area (Å²) in [4.78, 5) is 12.5. The number of aromatic nitrogens is 4. The van der Waals surface area contributed by atoms with Gasteiger partial charge in [0, 0.05) is 0 Å². The summed E-state index contributed by atoms with van der Waals surface area (Å²) in [5.41, 5.74) is 7.02. The van der Waals surface area contributed by atoms with Gasteiger partial charge in [-0.25, -0.2) is 20.0 Å². The van der Waals surface area contributed by atoms with Crippen LogP contribution in [-0.4, -0.2) is 57.5 Å². The highest BCUT2D eigenvalue weighted by atomic mass is 31.2. The minimum Gasteiger partial charge on any atom is -0.431 e. The lowest BCUT2D eigenvalue weighted by Gasteiger charge is -2.31. The van der Waals surface area contributed by atoms with Gasteiger partial charge in [0.05, 0.1) is 38.2 Å². The molecule has 1 fully saturated rings. The molecule has 0 bridgehead atoms. The van der Waals surface area contributed by atoms with Crippen LogP contribution in [0.4, 0.5) is 5.82 Å².